The van der Waals surface area contributed by atoms with Gasteiger partial charge in [0.2, 0.25) is 5.16 Å². The molecule has 164 valence electrons. The van der Waals surface area contributed by atoms with Crippen LogP contribution in [0.1, 0.15) is 54.7 Å². The Morgan fingerprint density at radius 3 is 2.52 bits per heavy atom. The zero-order chi connectivity index (χ0) is 22.2. The molecule has 3 rings (SSSR count). The minimum atomic E-state index is -0.728. The van der Waals surface area contributed by atoms with Crippen LogP contribution in [0.4, 0.5) is 5.69 Å². The van der Waals surface area contributed by atoms with E-state index in [2.05, 4.69) is 65.5 Å². The summed E-state index contributed by atoms with van der Waals surface area (Å²) in [4.78, 5) is 11.0. The lowest BCUT2D eigenvalue weighted by Crippen LogP contribution is -2.09. The molecule has 0 bridgehead atoms. The fourth-order valence-electron chi connectivity index (χ4n) is 4.08. The van der Waals surface area contributed by atoms with Crippen LogP contribution in [-0.2, 0) is 4.79 Å². The zero-order valence-electron chi connectivity index (χ0n) is 18.0. The van der Waals surface area contributed by atoms with Crippen LogP contribution in [0.25, 0.3) is 5.69 Å². The summed E-state index contributed by atoms with van der Waals surface area (Å²) in [6.07, 6.45) is 3.79. The molecule has 7 nitrogen and oxygen atoms in total. The molecule has 0 saturated heterocycles. The number of aromatic nitrogens is 4. The first kappa shape index (κ1) is 22.8. The third-order valence-corrected chi connectivity index (χ3v) is 5.77. The Hall–Kier alpha value is -2.87. The molecule has 0 aliphatic rings. The van der Waals surface area contributed by atoms with Crippen molar-refractivity contribution in [2.45, 2.75) is 57.0 Å². The van der Waals surface area contributed by atoms with Gasteiger partial charge in [0.05, 0.1) is 5.69 Å². The van der Waals surface area contributed by atoms with Gasteiger partial charge in [0.1, 0.15) is 0 Å². The van der Waals surface area contributed by atoms with Crippen LogP contribution in [0.5, 0.6) is 0 Å². The summed E-state index contributed by atoms with van der Waals surface area (Å²) in [5, 5.41) is 24.3. The van der Waals surface area contributed by atoms with E-state index in [1.54, 1.807) is 4.68 Å². The van der Waals surface area contributed by atoms with Crippen molar-refractivity contribution >= 4 is 24.3 Å². The van der Waals surface area contributed by atoms with Gasteiger partial charge in [-0.2, -0.15) is 4.68 Å². The molecule has 8 heteroatoms. The van der Waals surface area contributed by atoms with E-state index in [0.717, 1.165) is 37.2 Å². The third kappa shape index (κ3) is 6.30. The van der Waals surface area contributed by atoms with Crippen molar-refractivity contribution in [3.8, 4) is 5.69 Å². The minimum Gasteiger partial charge on any atom is -0.481 e. The molecule has 1 unspecified atom stereocenters. The van der Waals surface area contributed by atoms with Crippen LogP contribution in [0, 0.1) is 13.8 Å². The quantitative estimate of drug-likeness (QED) is 0.294. The Morgan fingerprint density at radius 1 is 1.13 bits per heavy atom. The SMILES string of the molecule is Cc1cccc(C)c1C(CCCNc1cccc(-n2nnnc2S)c1)CCCC(=O)O. The lowest BCUT2D eigenvalue weighted by molar-refractivity contribution is -0.137. The van der Waals surface area contributed by atoms with Gasteiger partial charge in [-0.05, 0) is 90.8 Å². The first-order valence-corrected chi connectivity index (χ1v) is 11.0. The summed E-state index contributed by atoms with van der Waals surface area (Å²) >= 11 is 4.26. The molecule has 31 heavy (non-hydrogen) atoms. The Balaban J connectivity index is 1.60. The van der Waals surface area contributed by atoms with Gasteiger partial charge >= 0.3 is 5.97 Å². The van der Waals surface area contributed by atoms with Crippen LogP contribution < -0.4 is 5.32 Å². The number of anilines is 1. The lowest BCUT2D eigenvalue weighted by Gasteiger charge is -2.22. The number of hydrogen-bond donors (Lipinski definition) is 3. The number of aryl methyl sites for hydroxylation is 2. The number of carboxylic acids is 1. The van der Waals surface area contributed by atoms with E-state index in [9.17, 15) is 4.79 Å². The molecule has 0 fully saturated rings. The third-order valence-electron chi connectivity index (χ3n) is 5.50. The molecule has 0 amide bonds. The number of nitrogens with one attached hydrogen (secondary N) is 1. The second-order valence-corrected chi connectivity index (χ2v) is 8.20. The molecule has 0 spiro atoms. The number of carbonyl (C=O) groups is 1. The second kappa shape index (κ2) is 10.9. The van der Waals surface area contributed by atoms with Crippen LogP contribution in [-0.4, -0.2) is 37.8 Å². The van der Waals surface area contributed by atoms with Crippen LogP contribution in [0.15, 0.2) is 47.6 Å². The summed E-state index contributed by atoms with van der Waals surface area (Å²) in [5.74, 6) is -0.365. The molecule has 3 aromatic rings. The highest BCUT2D eigenvalue weighted by atomic mass is 32.1. The number of benzene rings is 2. The standard InChI is InChI=1S/C23H29N5O2S/c1-16-7-3-8-17(2)22(16)18(9-4-13-21(29)30)10-6-14-24-19-11-5-12-20(15-19)28-23(31)25-26-27-28/h3,5,7-8,11-12,15,18,24H,4,6,9-10,13-14H2,1-2H3,(H,29,30)(H,25,27,31). The van der Waals surface area contributed by atoms with E-state index in [1.807, 2.05) is 24.3 Å². The number of aliphatic carboxylic acids is 1. The van der Waals surface area contributed by atoms with Gasteiger partial charge < -0.3 is 10.4 Å². The summed E-state index contributed by atoms with van der Waals surface area (Å²) in [5.41, 5.74) is 5.78. The maximum absolute atomic E-state index is 11.0. The average Bonchev–Trinajstić information content (AvgIpc) is 3.16. The maximum atomic E-state index is 11.0. The van der Waals surface area contributed by atoms with Crippen molar-refractivity contribution < 1.29 is 9.90 Å². The number of hydrogen-bond acceptors (Lipinski definition) is 6. The molecule has 2 aromatic carbocycles. The van der Waals surface area contributed by atoms with Crippen molar-refractivity contribution in [2.24, 2.45) is 0 Å². The Labute approximate surface area is 188 Å². The van der Waals surface area contributed by atoms with E-state index < -0.39 is 5.97 Å². The Bertz CT molecular complexity index is 1000. The number of rotatable bonds is 11. The normalized spacial score (nSPS) is 12.0. The Kier molecular flexibility index (Phi) is 8.06. The molecule has 2 N–H and O–H groups in total. The largest absolute Gasteiger partial charge is 0.481 e. The predicted molar refractivity (Wildman–Crippen MR) is 124 cm³/mol. The molecule has 0 aliphatic heterocycles. The number of thiol groups is 1. The van der Waals surface area contributed by atoms with Gasteiger partial charge in [-0.25, -0.2) is 0 Å². The fourth-order valence-corrected chi connectivity index (χ4v) is 4.28. The van der Waals surface area contributed by atoms with Crippen molar-refractivity contribution in [1.29, 1.82) is 0 Å². The number of nitrogens with zero attached hydrogens (tertiary/aromatic N) is 4. The molecule has 1 aromatic heterocycles. The van der Waals surface area contributed by atoms with E-state index in [-0.39, 0.29) is 6.42 Å². The molecule has 1 atom stereocenters. The maximum Gasteiger partial charge on any atom is 0.303 e. The van der Waals surface area contributed by atoms with E-state index in [0.29, 0.717) is 17.5 Å². The highest BCUT2D eigenvalue weighted by molar-refractivity contribution is 7.80. The fraction of sp³-hybridized carbons (Fsp3) is 0.391. The topological polar surface area (TPSA) is 92.9 Å². The summed E-state index contributed by atoms with van der Waals surface area (Å²) < 4.78 is 1.58. The summed E-state index contributed by atoms with van der Waals surface area (Å²) in [7, 11) is 0. The van der Waals surface area contributed by atoms with Crippen LogP contribution in [0.2, 0.25) is 0 Å². The number of carboxylic acid groups (broad SMARTS) is 1. The van der Waals surface area contributed by atoms with Crippen molar-refractivity contribution in [2.75, 3.05) is 11.9 Å². The van der Waals surface area contributed by atoms with Gasteiger partial charge in [0, 0.05) is 18.7 Å². The zero-order valence-corrected chi connectivity index (χ0v) is 18.8. The minimum absolute atomic E-state index is 0.219. The van der Waals surface area contributed by atoms with Crippen molar-refractivity contribution in [3.63, 3.8) is 0 Å². The van der Waals surface area contributed by atoms with Crippen LogP contribution >= 0.6 is 12.6 Å². The highest BCUT2D eigenvalue weighted by Gasteiger charge is 2.16. The second-order valence-electron chi connectivity index (χ2n) is 7.80. The number of tetrazole rings is 1. The Morgan fingerprint density at radius 2 is 1.84 bits per heavy atom. The van der Waals surface area contributed by atoms with Crippen molar-refractivity contribution in [1.82, 2.24) is 20.2 Å². The van der Waals surface area contributed by atoms with E-state index in [1.165, 1.54) is 16.7 Å². The smallest absolute Gasteiger partial charge is 0.303 e. The molecule has 0 radical (unpaired) electrons. The summed E-state index contributed by atoms with van der Waals surface area (Å²) in [6.45, 7) is 5.11. The molecular weight excluding hydrogens is 410 g/mol. The monoisotopic (exact) mass is 439 g/mol. The first-order valence-electron chi connectivity index (χ1n) is 10.5. The van der Waals surface area contributed by atoms with Gasteiger partial charge in [0.25, 0.3) is 0 Å². The summed E-state index contributed by atoms with van der Waals surface area (Å²) in [6, 6.07) is 14.3. The van der Waals surface area contributed by atoms with E-state index in [4.69, 9.17) is 5.11 Å². The van der Waals surface area contributed by atoms with Gasteiger partial charge in [-0.1, -0.05) is 24.3 Å². The average molecular weight is 440 g/mol. The van der Waals surface area contributed by atoms with Crippen molar-refractivity contribution in [3.05, 3.63) is 59.2 Å². The van der Waals surface area contributed by atoms with Crippen LogP contribution in [0.3, 0.4) is 0 Å². The highest BCUT2D eigenvalue weighted by Crippen LogP contribution is 2.32. The van der Waals surface area contributed by atoms with Gasteiger partial charge in [-0.15, -0.1) is 17.7 Å². The molecular formula is C23H29N5O2S. The molecule has 0 saturated carbocycles. The van der Waals surface area contributed by atoms with Gasteiger partial charge in [0.15, 0.2) is 0 Å². The molecule has 0 aliphatic carbocycles. The lowest BCUT2D eigenvalue weighted by atomic mass is 9.84. The van der Waals surface area contributed by atoms with E-state index >= 15 is 0 Å². The first-order chi connectivity index (χ1) is 15.0. The predicted octanol–water partition coefficient (Wildman–Crippen LogP) is 4.80. The molecule has 1 heterocycles. The van der Waals surface area contributed by atoms with Gasteiger partial charge in [-0.3, -0.25) is 4.79 Å².